The zero-order valence-corrected chi connectivity index (χ0v) is 11.7. The van der Waals surface area contributed by atoms with Gasteiger partial charge in [0.15, 0.2) is 0 Å². The van der Waals surface area contributed by atoms with E-state index in [1.807, 2.05) is 0 Å². The van der Waals surface area contributed by atoms with Crippen molar-refractivity contribution in [1.29, 1.82) is 0 Å². The Balaban J connectivity index is 3.74. The number of hydrogen-bond acceptors (Lipinski definition) is 0. The third-order valence-electron chi connectivity index (χ3n) is 4.00. The molecular formula is C15H32. The van der Waals surface area contributed by atoms with E-state index in [1.54, 1.807) is 0 Å². The smallest absolute Gasteiger partial charge is 0.0329 e. The Bertz CT molecular complexity index is 135. The van der Waals surface area contributed by atoms with E-state index in [2.05, 4.69) is 34.6 Å². The van der Waals surface area contributed by atoms with Crippen LogP contribution in [0.4, 0.5) is 0 Å². The minimum Gasteiger partial charge on any atom is -0.0654 e. The third kappa shape index (κ3) is 6.98. The lowest BCUT2D eigenvalue weighted by atomic mass is 9.74. The molecule has 15 heavy (non-hydrogen) atoms. The molecule has 0 aliphatic carbocycles. The first-order chi connectivity index (χ1) is 7.04. The van der Waals surface area contributed by atoms with Crippen LogP contribution in [0.5, 0.6) is 0 Å². The number of rotatable bonds is 9. The minimum atomic E-state index is 0.558. The topological polar surface area (TPSA) is 0 Å². The Kier molecular flexibility index (Phi) is 8.19. The second-order valence-electron chi connectivity index (χ2n) is 5.84. The highest BCUT2D eigenvalue weighted by molar-refractivity contribution is 4.75. The zero-order valence-electron chi connectivity index (χ0n) is 11.7. The van der Waals surface area contributed by atoms with Crippen molar-refractivity contribution in [2.24, 2.45) is 11.3 Å². The van der Waals surface area contributed by atoms with Crippen molar-refractivity contribution in [2.75, 3.05) is 0 Å². The molecule has 0 radical (unpaired) electrons. The molecule has 0 saturated heterocycles. The molecule has 92 valence electrons. The van der Waals surface area contributed by atoms with Crippen LogP contribution in [0, 0.1) is 11.3 Å². The summed E-state index contributed by atoms with van der Waals surface area (Å²) in [4.78, 5) is 0. The van der Waals surface area contributed by atoms with Crippen molar-refractivity contribution in [1.82, 2.24) is 0 Å². The van der Waals surface area contributed by atoms with Crippen LogP contribution in [0.2, 0.25) is 0 Å². The maximum atomic E-state index is 2.46. The highest BCUT2D eigenvalue weighted by Gasteiger charge is 2.24. The summed E-state index contributed by atoms with van der Waals surface area (Å²) >= 11 is 0. The lowest BCUT2D eigenvalue weighted by molar-refractivity contribution is 0.190. The Hall–Kier alpha value is 0. The summed E-state index contributed by atoms with van der Waals surface area (Å²) in [5.74, 6) is 0.890. The fourth-order valence-electron chi connectivity index (χ4n) is 2.17. The standard InChI is InChI=1S/C15H32/c1-6-8-10-12-14(3)15(4,5)13-11-9-7-2/h14H,6-13H2,1-5H3. The quantitative estimate of drug-likeness (QED) is 0.423. The molecule has 0 rings (SSSR count). The van der Waals surface area contributed by atoms with Gasteiger partial charge in [-0.1, -0.05) is 79.6 Å². The van der Waals surface area contributed by atoms with Gasteiger partial charge in [-0.15, -0.1) is 0 Å². The normalized spacial score (nSPS) is 14.2. The molecule has 1 atom stereocenters. The van der Waals surface area contributed by atoms with Crippen LogP contribution >= 0.6 is 0 Å². The van der Waals surface area contributed by atoms with Crippen molar-refractivity contribution >= 4 is 0 Å². The molecule has 0 N–H and O–H groups in total. The molecule has 0 fully saturated rings. The maximum absolute atomic E-state index is 2.46. The molecule has 0 nitrogen and oxygen atoms in total. The average molecular weight is 212 g/mol. The van der Waals surface area contributed by atoms with Gasteiger partial charge in [0.2, 0.25) is 0 Å². The summed E-state index contributed by atoms with van der Waals surface area (Å²) in [6.45, 7) is 11.9. The first-order valence-corrected chi connectivity index (χ1v) is 7.04. The summed E-state index contributed by atoms with van der Waals surface area (Å²) in [7, 11) is 0. The molecule has 0 aliphatic heterocycles. The SMILES string of the molecule is CCCCCC(C)C(C)(C)CCCCC. The monoisotopic (exact) mass is 212 g/mol. The number of hydrogen-bond donors (Lipinski definition) is 0. The lowest BCUT2D eigenvalue weighted by Crippen LogP contribution is -2.21. The van der Waals surface area contributed by atoms with E-state index in [4.69, 9.17) is 0 Å². The summed E-state index contributed by atoms with van der Waals surface area (Å²) in [6, 6.07) is 0. The molecule has 0 saturated carbocycles. The van der Waals surface area contributed by atoms with Crippen molar-refractivity contribution < 1.29 is 0 Å². The molecule has 0 bridgehead atoms. The Morgan fingerprint density at radius 2 is 1.40 bits per heavy atom. The Labute approximate surface area is 97.8 Å². The second kappa shape index (κ2) is 8.19. The van der Waals surface area contributed by atoms with Crippen LogP contribution in [-0.4, -0.2) is 0 Å². The van der Waals surface area contributed by atoms with E-state index >= 15 is 0 Å². The van der Waals surface area contributed by atoms with Crippen LogP contribution in [0.25, 0.3) is 0 Å². The van der Waals surface area contributed by atoms with Crippen molar-refractivity contribution in [3.63, 3.8) is 0 Å². The van der Waals surface area contributed by atoms with Gasteiger partial charge in [0.05, 0.1) is 0 Å². The average Bonchev–Trinajstić information content (AvgIpc) is 2.18. The molecule has 0 heterocycles. The van der Waals surface area contributed by atoms with Crippen molar-refractivity contribution in [2.45, 2.75) is 86.0 Å². The van der Waals surface area contributed by atoms with E-state index in [0.717, 1.165) is 5.92 Å². The van der Waals surface area contributed by atoms with E-state index in [0.29, 0.717) is 5.41 Å². The van der Waals surface area contributed by atoms with Gasteiger partial charge in [0.25, 0.3) is 0 Å². The molecule has 0 heteroatoms. The Morgan fingerprint density at radius 1 is 0.867 bits per heavy atom. The van der Waals surface area contributed by atoms with Crippen LogP contribution in [0.15, 0.2) is 0 Å². The largest absolute Gasteiger partial charge is 0.0654 e. The van der Waals surface area contributed by atoms with Gasteiger partial charge in [-0.3, -0.25) is 0 Å². The molecule has 0 spiro atoms. The van der Waals surface area contributed by atoms with Gasteiger partial charge in [0, 0.05) is 0 Å². The lowest BCUT2D eigenvalue weighted by Gasteiger charge is -2.32. The summed E-state index contributed by atoms with van der Waals surface area (Å²) < 4.78 is 0. The van der Waals surface area contributed by atoms with Gasteiger partial charge < -0.3 is 0 Å². The summed E-state index contributed by atoms with van der Waals surface area (Å²) in [5, 5.41) is 0. The van der Waals surface area contributed by atoms with Crippen LogP contribution < -0.4 is 0 Å². The molecule has 1 unspecified atom stereocenters. The third-order valence-corrected chi connectivity index (χ3v) is 4.00. The fourth-order valence-corrected chi connectivity index (χ4v) is 2.17. The van der Waals surface area contributed by atoms with Gasteiger partial charge in [-0.25, -0.2) is 0 Å². The molecule has 0 aromatic heterocycles. The van der Waals surface area contributed by atoms with Crippen LogP contribution in [-0.2, 0) is 0 Å². The van der Waals surface area contributed by atoms with E-state index in [9.17, 15) is 0 Å². The minimum absolute atomic E-state index is 0.558. The van der Waals surface area contributed by atoms with Crippen LogP contribution in [0.1, 0.15) is 86.0 Å². The predicted octanol–water partition coefficient (Wildman–Crippen LogP) is 5.81. The number of unbranched alkanes of at least 4 members (excludes halogenated alkanes) is 4. The first-order valence-electron chi connectivity index (χ1n) is 7.04. The predicted molar refractivity (Wildman–Crippen MR) is 71.2 cm³/mol. The van der Waals surface area contributed by atoms with Crippen molar-refractivity contribution in [3.8, 4) is 0 Å². The second-order valence-corrected chi connectivity index (χ2v) is 5.84. The molecule has 0 aliphatic rings. The summed E-state index contributed by atoms with van der Waals surface area (Å²) in [5.41, 5.74) is 0.558. The highest BCUT2D eigenvalue weighted by Crippen LogP contribution is 2.35. The molecule has 0 aromatic carbocycles. The first kappa shape index (κ1) is 15.0. The van der Waals surface area contributed by atoms with Crippen molar-refractivity contribution in [3.05, 3.63) is 0 Å². The van der Waals surface area contributed by atoms with Gasteiger partial charge in [0.1, 0.15) is 0 Å². The van der Waals surface area contributed by atoms with E-state index in [-0.39, 0.29) is 0 Å². The maximum Gasteiger partial charge on any atom is -0.0329 e. The molecule has 0 aromatic rings. The summed E-state index contributed by atoms with van der Waals surface area (Å²) in [6.07, 6.45) is 11.2. The van der Waals surface area contributed by atoms with Gasteiger partial charge in [-0.2, -0.15) is 0 Å². The van der Waals surface area contributed by atoms with Crippen LogP contribution in [0.3, 0.4) is 0 Å². The highest BCUT2D eigenvalue weighted by atomic mass is 14.3. The molecule has 0 amide bonds. The Morgan fingerprint density at radius 3 is 1.93 bits per heavy atom. The zero-order chi connectivity index (χ0) is 11.7. The van der Waals surface area contributed by atoms with Gasteiger partial charge >= 0.3 is 0 Å². The van der Waals surface area contributed by atoms with E-state index < -0.39 is 0 Å². The van der Waals surface area contributed by atoms with Gasteiger partial charge in [-0.05, 0) is 17.8 Å². The van der Waals surface area contributed by atoms with E-state index in [1.165, 1.54) is 51.4 Å². The molecular weight excluding hydrogens is 180 g/mol. The fraction of sp³-hybridized carbons (Fsp3) is 1.00.